The molecule has 1 nitrogen and oxygen atoms in total. The molecule has 0 amide bonds. The summed E-state index contributed by atoms with van der Waals surface area (Å²) in [5.74, 6) is 3.38. The van der Waals surface area contributed by atoms with Gasteiger partial charge in [-0.2, -0.15) is 0 Å². The van der Waals surface area contributed by atoms with Crippen molar-refractivity contribution in [2.45, 2.75) is 109 Å². The monoisotopic (exact) mass is 306 g/mol. The maximum atomic E-state index is 9.24. The van der Waals surface area contributed by atoms with Gasteiger partial charge in [0.2, 0.25) is 0 Å². The molecular weight excluding hydrogens is 268 g/mol. The number of rotatable bonds is 10. The Morgan fingerprint density at radius 1 is 0.773 bits per heavy atom. The highest BCUT2D eigenvalue weighted by molar-refractivity contribution is 5.01. The number of unbranched alkanes of at least 4 members (excludes halogenated alkanes) is 6. The zero-order chi connectivity index (χ0) is 15.4. The van der Waals surface area contributed by atoms with E-state index in [-0.39, 0.29) is 6.10 Å². The Labute approximate surface area is 138 Å². The summed E-state index contributed by atoms with van der Waals surface area (Å²) in [5.41, 5.74) is 0.812. The van der Waals surface area contributed by atoms with E-state index in [9.17, 15) is 5.11 Å². The molecule has 0 aromatic heterocycles. The van der Waals surface area contributed by atoms with Crippen molar-refractivity contribution in [1.29, 1.82) is 0 Å². The maximum absolute atomic E-state index is 9.24. The van der Waals surface area contributed by atoms with Crippen LogP contribution in [0, 0.1) is 23.2 Å². The molecule has 1 heteroatoms. The summed E-state index contributed by atoms with van der Waals surface area (Å²) in [7, 11) is 0. The van der Waals surface area contributed by atoms with Crippen molar-refractivity contribution in [2.24, 2.45) is 23.2 Å². The Bertz CT molecular complexity index is 298. The van der Waals surface area contributed by atoms with E-state index in [1.165, 1.54) is 44.9 Å². The second kappa shape index (κ2) is 7.69. The van der Waals surface area contributed by atoms with Crippen molar-refractivity contribution in [1.82, 2.24) is 0 Å². The molecule has 1 unspecified atom stereocenters. The van der Waals surface area contributed by atoms with Gasteiger partial charge in [-0.15, -0.1) is 0 Å². The fraction of sp³-hybridized carbons (Fsp3) is 1.00. The van der Waals surface area contributed by atoms with Crippen LogP contribution in [0.1, 0.15) is 103 Å². The normalized spacial score (nSPS) is 37.6. The van der Waals surface area contributed by atoms with E-state index < -0.39 is 0 Å². The minimum Gasteiger partial charge on any atom is -0.393 e. The van der Waals surface area contributed by atoms with Crippen molar-refractivity contribution in [3.05, 3.63) is 0 Å². The van der Waals surface area contributed by atoms with E-state index >= 15 is 0 Å². The van der Waals surface area contributed by atoms with E-state index in [4.69, 9.17) is 0 Å². The van der Waals surface area contributed by atoms with Crippen LogP contribution in [0.15, 0.2) is 0 Å². The molecule has 0 heterocycles. The number of aliphatic hydroxyl groups is 1. The van der Waals surface area contributed by atoms with Gasteiger partial charge in [0.1, 0.15) is 0 Å². The average molecular weight is 307 g/mol. The van der Waals surface area contributed by atoms with Gasteiger partial charge >= 0.3 is 0 Å². The van der Waals surface area contributed by atoms with Gasteiger partial charge in [0.25, 0.3) is 0 Å². The summed E-state index contributed by atoms with van der Waals surface area (Å²) >= 11 is 0. The SMILES string of the molecule is CC(O)CCCCCCCCCC12CC3CC(CC(C3)C1)C2. The first-order chi connectivity index (χ1) is 10.7. The van der Waals surface area contributed by atoms with Crippen molar-refractivity contribution in [3.8, 4) is 0 Å². The first kappa shape index (κ1) is 16.8. The van der Waals surface area contributed by atoms with Gasteiger partial charge in [-0.05, 0) is 81.5 Å². The van der Waals surface area contributed by atoms with Crippen molar-refractivity contribution in [2.75, 3.05) is 0 Å². The zero-order valence-electron chi connectivity index (χ0n) is 14.9. The number of hydrogen-bond acceptors (Lipinski definition) is 1. The second-order valence-electron chi connectivity index (χ2n) is 9.28. The van der Waals surface area contributed by atoms with Crippen LogP contribution >= 0.6 is 0 Å². The fourth-order valence-corrected chi connectivity index (χ4v) is 6.42. The van der Waals surface area contributed by atoms with E-state index in [1.54, 1.807) is 44.9 Å². The predicted octanol–water partition coefficient (Wildman–Crippen LogP) is 6.09. The lowest BCUT2D eigenvalue weighted by atomic mass is 9.48. The average Bonchev–Trinajstić information content (AvgIpc) is 2.43. The van der Waals surface area contributed by atoms with Gasteiger partial charge in [-0.25, -0.2) is 0 Å². The second-order valence-corrected chi connectivity index (χ2v) is 9.28. The van der Waals surface area contributed by atoms with Gasteiger partial charge in [0.15, 0.2) is 0 Å². The van der Waals surface area contributed by atoms with Crippen LogP contribution < -0.4 is 0 Å². The molecule has 4 rings (SSSR count). The molecule has 4 aliphatic rings. The van der Waals surface area contributed by atoms with Crippen LogP contribution in [0.3, 0.4) is 0 Å². The van der Waals surface area contributed by atoms with Crippen LogP contribution in [0.4, 0.5) is 0 Å². The molecule has 0 saturated heterocycles. The standard InChI is InChI=1S/C21H38O/c1-17(22)9-7-5-3-2-4-6-8-10-21-14-18-11-19(15-21)13-20(12-18)16-21/h17-20,22H,2-16H2,1H3. The largest absolute Gasteiger partial charge is 0.393 e. The highest BCUT2D eigenvalue weighted by Crippen LogP contribution is 2.61. The minimum atomic E-state index is -0.0970. The van der Waals surface area contributed by atoms with E-state index in [0.717, 1.165) is 29.6 Å². The summed E-state index contributed by atoms with van der Waals surface area (Å²) < 4.78 is 0. The number of aliphatic hydroxyl groups excluding tert-OH is 1. The van der Waals surface area contributed by atoms with Gasteiger partial charge in [0.05, 0.1) is 6.10 Å². The third kappa shape index (κ3) is 4.49. The summed E-state index contributed by atoms with van der Waals surface area (Å²) in [5, 5.41) is 9.24. The Morgan fingerprint density at radius 3 is 1.73 bits per heavy atom. The number of hydrogen-bond donors (Lipinski definition) is 1. The summed E-state index contributed by atoms with van der Waals surface area (Å²) in [6, 6.07) is 0. The van der Waals surface area contributed by atoms with Crippen LogP contribution in [0.25, 0.3) is 0 Å². The molecule has 0 aliphatic heterocycles. The highest BCUT2D eigenvalue weighted by Gasteiger charge is 2.50. The first-order valence-electron chi connectivity index (χ1n) is 10.3. The summed E-state index contributed by atoms with van der Waals surface area (Å²) in [6.45, 7) is 1.91. The van der Waals surface area contributed by atoms with Crippen LogP contribution in [0.5, 0.6) is 0 Å². The zero-order valence-corrected chi connectivity index (χ0v) is 14.9. The molecule has 0 aromatic rings. The van der Waals surface area contributed by atoms with Crippen molar-refractivity contribution in [3.63, 3.8) is 0 Å². The quantitative estimate of drug-likeness (QED) is 0.484. The third-order valence-corrected chi connectivity index (χ3v) is 6.99. The van der Waals surface area contributed by atoms with E-state index in [0.29, 0.717) is 0 Å². The molecule has 4 aliphatic carbocycles. The van der Waals surface area contributed by atoms with Crippen molar-refractivity contribution >= 4 is 0 Å². The highest BCUT2D eigenvalue weighted by atomic mass is 16.3. The lowest BCUT2D eigenvalue weighted by Crippen LogP contribution is -2.45. The smallest absolute Gasteiger partial charge is 0.0512 e. The molecule has 0 spiro atoms. The third-order valence-electron chi connectivity index (χ3n) is 6.99. The van der Waals surface area contributed by atoms with Gasteiger partial charge in [0, 0.05) is 0 Å². The van der Waals surface area contributed by atoms with Gasteiger partial charge in [-0.1, -0.05) is 44.9 Å². The Balaban J connectivity index is 1.24. The fourth-order valence-electron chi connectivity index (χ4n) is 6.42. The topological polar surface area (TPSA) is 20.2 Å². The molecule has 128 valence electrons. The van der Waals surface area contributed by atoms with E-state index in [2.05, 4.69) is 0 Å². The minimum absolute atomic E-state index is 0.0970. The molecule has 1 atom stereocenters. The Kier molecular flexibility index (Phi) is 5.87. The lowest BCUT2D eigenvalue weighted by molar-refractivity contribution is -0.0583. The molecule has 0 radical (unpaired) electrons. The van der Waals surface area contributed by atoms with Crippen molar-refractivity contribution < 1.29 is 5.11 Å². The van der Waals surface area contributed by atoms with Crippen LogP contribution in [-0.4, -0.2) is 11.2 Å². The summed E-state index contributed by atoms with van der Waals surface area (Å²) in [6.07, 6.45) is 21.7. The molecule has 22 heavy (non-hydrogen) atoms. The Hall–Kier alpha value is -0.0400. The Morgan fingerprint density at radius 2 is 1.23 bits per heavy atom. The molecule has 1 N–H and O–H groups in total. The maximum Gasteiger partial charge on any atom is 0.0512 e. The van der Waals surface area contributed by atoms with E-state index in [1.807, 2.05) is 6.92 Å². The van der Waals surface area contributed by atoms with Gasteiger partial charge < -0.3 is 5.11 Å². The van der Waals surface area contributed by atoms with Crippen LogP contribution in [0.2, 0.25) is 0 Å². The molecule has 0 aromatic carbocycles. The van der Waals surface area contributed by atoms with Crippen LogP contribution in [-0.2, 0) is 0 Å². The first-order valence-corrected chi connectivity index (χ1v) is 10.3. The molecular formula is C21H38O. The lowest BCUT2D eigenvalue weighted by Gasteiger charge is -2.57. The molecule has 4 saturated carbocycles. The summed E-state index contributed by atoms with van der Waals surface area (Å²) in [4.78, 5) is 0. The van der Waals surface area contributed by atoms with Gasteiger partial charge in [-0.3, -0.25) is 0 Å². The molecule has 4 bridgehead atoms. The predicted molar refractivity (Wildman–Crippen MR) is 93.8 cm³/mol. The molecule has 4 fully saturated rings.